The van der Waals surface area contributed by atoms with E-state index in [1.807, 2.05) is 19.0 Å². The van der Waals surface area contributed by atoms with Gasteiger partial charge in [-0.05, 0) is 32.4 Å². The molecule has 1 unspecified atom stereocenters. The molecule has 1 aromatic rings. The standard InChI is InChI=1S/C13H23N5OS/c1-17(2)13-16-11(14)10(20-13)12(19)15-7-9-5-4-6-18(3)8-9/h9H,4-8,14H2,1-3H3,(H,15,19). The molecule has 1 atom stereocenters. The Morgan fingerprint density at radius 3 is 2.95 bits per heavy atom. The van der Waals surface area contributed by atoms with E-state index in [-0.39, 0.29) is 5.91 Å². The number of rotatable bonds is 4. The van der Waals surface area contributed by atoms with E-state index in [1.165, 1.54) is 24.2 Å². The third-order valence-electron chi connectivity index (χ3n) is 3.50. The third-order valence-corrected chi connectivity index (χ3v) is 4.74. The molecule has 1 saturated heterocycles. The third kappa shape index (κ3) is 3.61. The van der Waals surface area contributed by atoms with Crippen LogP contribution in [0, 0.1) is 5.92 Å². The average Bonchev–Trinajstić information content (AvgIpc) is 2.78. The van der Waals surface area contributed by atoms with E-state index in [4.69, 9.17) is 5.73 Å². The van der Waals surface area contributed by atoms with Gasteiger partial charge in [-0.2, -0.15) is 0 Å². The van der Waals surface area contributed by atoms with Crippen molar-refractivity contribution in [1.82, 2.24) is 15.2 Å². The van der Waals surface area contributed by atoms with E-state index in [0.29, 0.717) is 23.2 Å². The first-order valence-electron chi connectivity index (χ1n) is 6.87. The van der Waals surface area contributed by atoms with E-state index in [0.717, 1.165) is 18.2 Å². The average molecular weight is 297 g/mol. The van der Waals surface area contributed by atoms with Gasteiger partial charge in [0.2, 0.25) is 0 Å². The van der Waals surface area contributed by atoms with Crippen molar-refractivity contribution in [2.75, 3.05) is 51.4 Å². The summed E-state index contributed by atoms with van der Waals surface area (Å²) in [5.74, 6) is 0.735. The molecule has 112 valence electrons. The van der Waals surface area contributed by atoms with Crippen molar-refractivity contribution in [1.29, 1.82) is 0 Å². The van der Waals surface area contributed by atoms with Gasteiger partial charge in [-0.25, -0.2) is 4.98 Å². The van der Waals surface area contributed by atoms with Crippen molar-refractivity contribution in [3.8, 4) is 0 Å². The lowest BCUT2D eigenvalue weighted by atomic mass is 9.98. The Balaban J connectivity index is 1.91. The molecule has 0 spiro atoms. The second-order valence-corrected chi connectivity index (χ2v) is 6.56. The maximum absolute atomic E-state index is 12.2. The highest BCUT2D eigenvalue weighted by Gasteiger charge is 2.20. The molecule has 1 fully saturated rings. The Morgan fingerprint density at radius 1 is 1.60 bits per heavy atom. The molecule has 20 heavy (non-hydrogen) atoms. The number of nitrogens with zero attached hydrogens (tertiary/aromatic N) is 3. The van der Waals surface area contributed by atoms with Crippen molar-refractivity contribution in [2.24, 2.45) is 5.92 Å². The molecule has 3 N–H and O–H groups in total. The second kappa shape index (κ2) is 6.41. The number of hydrogen-bond donors (Lipinski definition) is 2. The number of carbonyl (C=O) groups excluding carboxylic acids is 1. The van der Waals surface area contributed by atoms with Gasteiger partial charge in [0.1, 0.15) is 10.7 Å². The zero-order valence-electron chi connectivity index (χ0n) is 12.3. The van der Waals surface area contributed by atoms with Crippen molar-refractivity contribution >= 4 is 28.2 Å². The molecule has 0 radical (unpaired) electrons. The van der Waals surface area contributed by atoms with Gasteiger partial charge >= 0.3 is 0 Å². The summed E-state index contributed by atoms with van der Waals surface area (Å²) in [5, 5.41) is 3.74. The number of amides is 1. The van der Waals surface area contributed by atoms with Crippen LogP contribution in [0.1, 0.15) is 22.5 Å². The fourth-order valence-corrected chi connectivity index (χ4v) is 3.26. The van der Waals surface area contributed by atoms with Crippen molar-refractivity contribution in [3.05, 3.63) is 4.88 Å². The van der Waals surface area contributed by atoms with E-state index in [2.05, 4.69) is 22.2 Å². The number of piperidine rings is 1. The monoisotopic (exact) mass is 297 g/mol. The Kier molecular flexibility index (Phi) is 4.82. The van der Waals surface area contributed by atoms with E-state index in [1.54, 1.807) is 0 Å². The van der Waals surface area contributed by atoms with Crippen LogP contribution < -0.4 is 16.0 Å². The number of aromatic nitrogens is 1. The van der Waals surface area contributed by atoms with Gasteiger partial charge in [-0.1, -0.05) is 11.3 Å². The quantitative estimate of drug-likeness (QED) is 0.862. The topological polar surface area (TPSA) is 74.5 Å². The number of likely N-dealkylation sites (tertiary alicyclic amines) is 1. The van der Waals surface area contributed by atoms with Crippen LogP contribution in [0.5, 0.6) is 0 Å². The molecule has 2 rings (SSSR count). The van der Waals surface area contributed by atoms with Gasteiger partial charge in [0.25, 0.3) is 5.91 Å². The molecule has 1 aromatic heterocycles. The minimum atomic E-state index is -0.110. The molecular weight excluding hydrogens is 274 g/mol. The summed E-state index contributed by atoms with van der Waals surface area (Å²) in [7, 11) is 5.90. The number of thiazole rings is 1. The summed E-state index contributed by atoms with van der Waals surface area (Å²) < 4.78 is 0. The highest BCUT2D eigenvalue weighted by Crippen LogP contribution is 2.26. The van der Waals surface area contributed by atoms with Crippen LogP contribution in [-0.2, 0) is 0 Å². The first-order chi connectivity index (χ1) is 9.47. The van der Waals surface area contributed by atoms with Crippen LogP contribution in [0.15, 0.2) is 0 Å². The van der Waals surface area contributed by atoms with Gasteiger partial charge in [-0.15, -0.1) is 0 Å². The molecule has 0 aromatic carbocycles. The van der Waals surface area contributed by atoms with Crippen LogP contribution in [0.2, 0.25) is 0 Å². The highest BCUT2D eigenvalue weighted by atomic mass is 32.1. The zero-order chi connectivity index (χ0) is 14.7. The lowest BCUT2D eigenvalue weighted by molar-refractivity contribution is 0.0941. The molecule has 0 saturated carbocycles. The molecule has 0 aliphatic carbocycles. The number of nitrogens with two attached hydrogens (primary N) is 1. The van der Waals surface area contributed by atoms with Gasteiger partial charge in [0.15, 0.2) is 5.13 Å². The highest BCUT2D eigenvalue weighted by molar-refractivity contribution is 7.18. The largest absolute Gasteiger partial charge is 0.382 e. The van der Waals surface area contributed by atoms with Crippen LogP contribution in [0.25, 0.3) is 0 Å². The number of nitrogens with one attached hydrogen (secondary N) is 1. The number of hydrogen-bond acceptors (Lipinski definition) is 6. The first-order valence-corrected chi connectivity index (χ1v) is 7.69. The summed E-state index contributed by atoms with van der Waals surface area (Å²) in [6.45, 7) is 2.90. The Morgan fingerprint density at radius 2 is 2.35 bits per heavy atom. The van der Waals surface area contributed by atoms with E-state index < -0.39 is 0 Å². The van der Waals surface area contributed by atoms with Crippen LogP contribution in [0.3, 0.4) is 0 Å². The summed E-state index contributed by atoms with van der Waals surface area (Å²) >= 11 is 1.33. The van der Waals surface area contributed by atoms with Crippen molar-refractivity contribution in [2.45, 2.75) is 12.8 Å². The number of nitrogen functional groups attached to an aromatic ring is 1. The normalized spacial score (nSPS) is 19.9. The minimum Gasteiger partial charge on any atom is -0.382 e. The lowest BCUT2D eigenvalue weighted by Crippen LogP contribution is -2.39. The molecule has 2 heterocycles. The van der Waals surface area contributed by atoms with Crippen molar-refractivity contribution < 1.29 is 4.79 Å². The molecule has 1 amide bonds. The maximum atomic E-state index is 12.2. The molecular formula is C13H23N5OS. The molecule has 6 nitrogen and oxygen atoms in total. The fraction of sp³-hybridized carbons (Fsp3) is 0.692. The molecule has 0 bridgehead atoms. The van der Waals surface area contributed by atoms with Crippen molar-refractivity contribution in [3.63, 3.8) is 0 Å². The summed E-state index contributed by atoms with van der Waals surface area (Å²) in [6, 6.07) is 0. The minimum absolute atomic E-state index is 0.110. The van der Waals surface area contributed by atoms with Crippen LogP contribution in [0.4, 0.5) is 10.9 Å². The van der Waals surface area contributed by atoms with Gasteiger partial charge < -0.3 is 20.9 Å². The SMILES string of the molecule is CN1CCCC(CNC(=O)c2sc(N(C)C)nc2N)C1. The Hall–Kier alpha value is -1.34. The zero-order valence-corrected chi connectivity index (χ0v) is 13.2. The molecule has 1 aliphatic heterocycles. The molecule has 7 heteroatoms. The second-order valence-electron chi connectivity index (χ2n) is 5.59. The van der Waals surface area contributed by atoms with Gasteiger partial charge in [0.05, 0.1) is 0 Å². The predicted octanol–water partition coefficient (Wildman–Crippen LogP) is 0.863. The number of anilines is 2. The van der Waals surface area contributed by atoms with Gasteiger partial charge in [-0.3, -0.25) is 4.79 Å². The fourth-order valence-electron chi connectivity index (χ4n) is 2.43. The summed E-state index contributed by atoms with van der Waals surface area (Å²) in [5.41, 5.74) is 5.81. The predicted molar refractivity (Wildman–Crippen MR) is 83.4 cm³/mol. The smallest absolute Gasteiger partial charge is 0.265 e. The van der Waals surface area contributed by atoms with E-state index in [9.17, 15) is 4.79 Å². The Bertz CT molecular complexity index is 473. The van der Waals surface area contributed by atoms with Crippen LogP contribution >= 0.6 is 11.3 Å². The number of carbonyl (C=O) groups is 1. The molecule has 1 aliphatic rings. The Labute approximate surface area is 124 Å². The van der Waals surface area contributed by atoms with E-state index >= 15 is 0 Å². The van der Waals surface area contributed by atoms with Gasteiger partial charge in [0, 0.05) is 27.2 Å². The summed E-state index contributed by atoms with van der Waals surface area (Å²) in [6.07, 6.45) is 2.37. The van der Waals surface area contributed by atoms with Crippen LogP contribution in [-0.4, -0.2) is 56.6 Å². The maximum Gasteiger partial charge on any atom is 0.265 e. The lowest BCUT2D eigenvalue weighted by Gasteiger charge is -2.29. The first kappa shape index (κ1) is 15.1. The summed E-state index contributed by atoms with van der Waals surface area (Å²) in [4.78, 5) is 21.0.